The highest BCUT2D eigenvalue weighted by atomic mass is 35.5. The zero-order chi connectivity index (χ0) is 11.1. The molecule has 0 radical (unpaired) electrons. The van der Waals surface area contributed by atoms with Crippen LogP contribution in [0.4, 0.5) is 0 Å². The predicted octanol–water partition coefficient (Wildman–Crippen LogP) is 3.24. The van der Waals surface area contributed by atoms with E-state index < -0.39 is 0 Å². The lowest BCUT2D eigenvalue weighted by Crippen LogP contribution is -2.13. The number of ether oxygens (including phenoxy) is 1. The Bertz CT molecular complexity index is 302. The lowest BCUT2D eigenvalue weighted by Gasteiger charge is -2.11. The van der Waals surface area contributed by atoms with Gasteiger partial charge in [0, 0.05) is 17.1 Å². The van der Waals surface area contributed by atoms with Crippen molar-refractivity contribution in [2.75, 3.05) is 13.2 Å². The maximum absolute atomic E-state index is 5.95. The van der Waals surface area contributed by atoms with Crippen LogP contribution in [0, 0.1) is 0 Å². The fourth-order valence-corrected chi connectivity index (χ4v) is 1.49. The summed E-state index contributed by atoms with van der Waals surface area (Å²) >= 11 is 5.95. The van der Waals surface area contributed by atoms with Crippen molar-refractivity contribution in [3.8, 4) is 5.75 Å². The van der Waals surface area contributed by atoms with E-state index in [1.807, 2.05) is 18.2 Å². The second kappa shape index (κ2) is 6.70. The second-order valence-electron chi connectivity index (χ2n) is 3.38. The number of benzene rings is 1. The Labute approximate surface area is 96.6 Å². The van der Waals surface area contributed by atoms with Gasteiger partial charge in [0.1, 0.15) is 5.75 Å². The van der Waals surface area contributed by atoms with E-state index in [0.29, 0.717) is 0 Å². The van der Waals surface area contributed by atoms with E-state index in [4.69, 9.17) is 16.3 Å². The average Bonchev–Trinajstić information content (AvgIpc) is 2.25. The molecule has 0 atom stereocenters. The molecule has 0 saturated carbocycles. The van der Waals surface area contributed by atoms with Crippen LogP contribution in [0.3, 0.4) is 0 Å². The molecule has 0 heterocycles. The standard InChI is InChI=1S/C12H18ClNO/c1-3-7-15-12-6-5-11(13)8-10(12)9-14-4-2/h5-6,8,14H,3-4,7,9H2,1-2H3. The van der Waals surface area contributed by atoms with Crippen molar-refractivity contribution in [2.45, 2.75) is 26.8 Å². The highest BCUT2D eigenvalue weighted by Crippen LogP contribution is 2.22. The van der Waals surface area contributed by atoms with Gasteiger partial charge >= 0.3 is 0 Å². The van der Waals surface area contributed by atoms with Crippen LogP contribution in [0.1, 0.15) is 25.8 Å². The van der Waals surface area contributed by atoms with E-state index >= 15 is 0 Å². The minimum absolute atomic E-state index is 0.751. The van der Waals surface area contributed by atoms with Gasteiger partial charge < -0.3 is 10.1 Å². The molecule has 3 heteroatoms. The van der Waals surface area contributed by atoms with E-state index in [1.165, 1.54) is 0 Å². The minimum atomic E-state index is 0.751. The summed E-state index contributed by atoms with van der Waals surface area (Å²) in [6.45, 7) is 6.67. The summed E-state index contributed by atoms with van der Waals surface area (Å²) in [5, 5.41) is 4.03. The van der Waals surface area contributed by atoms with Gasteiger partial charge in [-0.3, -0.25) is 0 Å². The SMILES string of the molecule is CCCOc1ccc(Cl)cc1CNCC. The van der Waals surface area contributed by atoms with Crippen LogP contribution in [0.2, 0.25) is 5.02 Å². The first-order chi connectivity index (χ1) is 7.27. The van der Waals surface area contributed by atoms with Gasteiger partial charge in [0.25, 0.3) is 0 Å². The Hall–Kier alpha value is -0.730. The third-order valence-corrected chi connectivity index (χ3v) is 2.28. The molecule has 1 rings (SSSR count). The van der Waals surface area contributed by atoms with Gasteiger partial charge in [-0.1, -0.05) is 25.4 Å². The summed E-state index contributed by atoms with van der Waals surface area (Å²) in [5.41, 5.74) is 1.12. The summed E-state index contributed by atoms with van der Waals surface area (Å²) in [4.78, 5) is 0. The molecule has 1 N–H and O–H groups in total. The van der Waals surface area contributed by atoms with Crippen molar-refractivity contribution < 1.29 is 4.74 Å². The molecule has 15 heavy (non-hydrogen) atoms. The smallest absolute Gasteiger partial charge is 0.123 e. The summed E-state index contributed by atoms with van der Waals surface area (Å²) in [7, 11) is 0. The fraction of sp³-hybridized carbons (Fsp3) is 0.500. The van der Waals surface area contributed by atoms with Gasteiger partial charge in [-0.05, 0) is 31.2 Å². The first kappa shape index (κ1) is 12.3. The minimum Gasteiger partial charge on any atom is -0.493 e. The molecule has 0 saturated heterocycles. The van der Waals surface area contributed by atoms with Crippen molar-refractivity contribution in [1.82, 2.24) is 5.32 Å². The molecule has 0 aromatic heterocycles. The molecular formula is C12H18ClNO. The molecular weight excluding hydrogens is 210 g/mol. The largest absolute Gasteiger partial charge is 0.493 e. The van der Waals surface area contributed by atoms with Gasteiger partial charge in [-0.15, -0.1) is 0 Å². The van der Waals surface area contributed by atoms with Crippen molar-refractivity contribution in [1.29, 1.82) is 0 Å². The molecule has 0 bridgehead atoms. The van der Waals surface area contributed by atoms with Crippen molar-refractivity contribution in [3.05, 3.63) is 28.8 Å². The number of hydrogen-bond donors (Lipinski definition) is 1. The molecule has 0 fully saturated rings. The highest BCUT2D eigenvalue weighted by Gasteiger charge is 2.03. The average molecular weight is 228 g/mol. The van der Waals surface area contributed by atoms with E-state index in [0.717, 1.165) is 42.5 Å². The van der Waals surface area contributed by atoms with Crippen LogP contribution < -0.4 is 10.1 Å². The number of rotatable bonds is 6. The van der Waals surface area contributed by atoms with E-state index in [1.54, 1.807) is 0 Å². The maximum atomic E-state index is 5.95. The summed E-state index contributed by atoms with van der Waals surface area (Å²) in [6.07, 6.45) is 1.02. The van der Waals surface area contributed by atoms with Crippen LogP contribution in [-0.4, -0.2) is 13.2 Å². The second-order valence-corrected chi connectivity index (χ2v) is 3.82. The van der Waals surface area contributed by atoms with Crippen LogP contribution in [0.5, 0.6) is 5.75 Å². The first-order valence-electron chi connectivity index (χ1n) is 5.39. The predicted molar refractivity (Wildman–Crippen MR) is 64.6 cm³/mol. The Morgan fingerprint density at radius 2 is 2.13 bits per heavy atom. The normalized spacial score (nSPS) is 10.3. The van der Waals surface area contributed by atoms with Crippen LogP contribution in [0.15, 0.2) is 18.2 Å². The van der Waals surface area contributed by atoms with Crippen molar-refractivity contribution in [3.63, 3.8) is 0 Å². The highest BCUT2D eigenvalue weighted by molar-refractivity contribution is 6.30. The third-order valence-electron chi connectivity index (χ3n) is 2.05. The number of nitrogens with one attached hydrogen (secondary N) is 1. The summed E-state index contributed by atoms with van der Waals surface area (Å²) in [5.74, 6) is 0.933. The molecule has 1 aromatic rings. The zero-order valence-corrected chi connectivity index (χ0v) is 10.1. The van der Waals surface area contributed by atoms with Crippen molar-refractivity contribution in [2.24, 2.45) is 0 Å². The van der Waals surface area contributed by atoms with Gasteiger partial charge in [0.15, 0.2) is 0 Å². The first-order valence-corrected chi connectivity index (χ1v) is 5.77. The van der Waals surface area contributed by atoms with Gasteiger partial charge in [-0.2, -0.15) is 0 Å². The molecule has 0 aliphatic carbocycles. The molecule has 2 nitrogen and oxygen atoms in total. The van der Waals surface area contributed by atoms with Gasteiger partial charge in [0.2, 0.25) is 0 Å². The lowest BCUT2D eigenvalue weighted by molar-refractivity contribution is 0.313. The Morgan fingerprint density at radius 3 is 2.80 bits per heavy atom. The topological polar surface area (TPSA) is 21.3 Å². The molecule has 0 spiro atoms. The molecule has 0 aliphatic heterocycles. The zero-order valence-electron chi connectivity index (χ0n) is 9.35. The quantitative estimate of drug-likeness (QED) is 0.806. The molecule has 1 aromatic carbocycles. The number of hydrogen-bond acceptors (Lipinski definition) is 2. The molecule has 0 aliphatic rings. The van der Waals surface area contributed by atoms with Gasteiger partial charge in [0.05, 0.1) is 6.61 Å². The summed E-state index contributed by atoms with van der Waals surface area (Å²) < 4.78 is 5.64. The Morgan fingerprint density at radius 1 is 1.33 bits per heavy atom. The Balaban J connectivity index is 2.73. The van der Waals surface area contributed by atoms with Crippen LogP contribution >= 0.6 is 11.6 Å². The third kappa shape index (κ3) is 4.10. The van der Waals surface area contributed by atoms with E-state index in [-0.39, 0.29) is 0 Å². The molecule has 0 amide bonds. The van der Waals surface area contributed by atoms with E-state index in [2.05, 4.69) is 19.2 Å². The lowest BCUT2D eigenvalue weighted by atomic mass is 10.2. The molecule has 0 unspecified atom stereocenters. The number of halogens is 1. The fourth-order valence-electron chi connectivity index (χ4n) is 1.30. The Kier molecular flexibility index (Phi) is 5.51. The summed E-state index contributed by atoms with van der Waals surface area (Å²) in [6, 6.07) is 5.75. The van der Waals surface area contributed by atoms with Crippen molar-refractivity contribution >= 4 is 11.6 Å². The monoisotopic (exact) mass is 227 g/mol. The molecule has 84 valence electrons. The van der Waals surface area contributed by atoms with Gasteiger partial charge in [-0.25, -0.2) is 0 Å². The van der Waals surface area contributed by atoms with Crippen LogP contribution in [-0.2, 0) is 6.54 Å². The van der Waals surface area contributed by atoms with Crippen LogP contribution in [0.25, 0.3) is 0 Å². The maximum Gasteiger partial charge on any atom is 0.123 e. The van der Waals surface area contributed by atoms with E-state index in [9.17, 15) is 0 Å².